The molecule has 0 radical (unpaired) electrons. The summed E-state index contributed by atoms with van der Waals surface area (Å²) in [6.07, 6.45) is -0.742. The van der Waals surface area contributed by atoms with Crippen molar-refractivity contribution in [3.05, 3.63) is 29.6 Å². The van der Waals surface area contributed by atoms with Gasteiger partial charge in [-0.25, -0.2) is 4.39 Å². The van der Waals surface area contributed by atoms with Crippen molar-refractivity contribution in [2.45, 2.75) is 52.1 Å². The molecule has 0 heterocycles. The first-order valence-electron chi connectivity index (χ1n) is 7.95. The number of alkyl halides is 3. The van der Waals surface area contributed by atoms with E-state index in [9.17, 15) is 22.4 Å². The third-order valence-electron chi connectivity index (χ3n) is 3.51. The number of nitrogens with two attached hydrogens (primary N) is 1. The van der Waals surface area contributed by atoms with E-state index >= 15 is 0 Å². The highest BCUT2D eigenvalue weighted by Crippen LogP contribution is 2.37. The standard InChI is InChI=1S/C8H8FNO2.C7H11F3.C2H6/c1-12-5-2-3-6(8(10)11)7(9)4-5;8-7(9,10)6-4-2-1-3-5-6;1-2/h2-4H,1H3,(H2,10,11);6H,1-5H2;1-2H3. The molecule has 1 aromatic rings. The van der Waals surface area contributed by atoms with Crippen LogP contribution in [-0.4, -0.2) is 19.2 Å². The van der Waals surface area contributed by atoms with E-state index < -0.39 is 23.8 Å². The summed E-state index contributed by atoms with van der Waals surface area (Å²) in [7, 11) is 1.42. The predicted octanol–water partition coefficient (Wildman–Crippen LogP) is 5.09. The van der Waals surface area contributed by atoms with Gasteiger partial charge in [0.25, 0.3) is 5.91 Å². The fraction of sp³-hybridized carbons (Fsp3) is 0.588. The van der Waals surface area contributed by atoms with Crippen LogP contribution >= 0.6 is 0 Å². The van der Waals surface area contributed by atoms with E-state index in [-0.39, 0.29) is 5.56 Å². The minimum absolute atomic E-state index is 0.129. The van der Waals surface area contributed by atoms with Crippen molar-refractivity contribution in [3.8, 4) is 5.75 Å². The molecule has 0 unspecified atom stereocenters. The second-order valence-corrected chi connectivity index (χ2v) is 5.09. The van der Waals surface area contributed by atoms with Crippen LogP contribution < -0.4 is 10.5 Å². The third-order valence-corrected chi connectivity index (χ3v) is 3.51. The van der Waals surface area contributed by atoms with Crippen LogP contribution in [0.2, 0.25) is 0 Å². The Morgan fingerprint density at radius 1 is 1.17 bits per heavy atom. The molecule has 0 aromatic heterocycles. The molecular formula is C17H25F4NO2. The van der Waals surface area contributed by atoms with Crippen LogP contribution in [0.3, 0.4) is 0 Å². The van der Waals surface area contributed by atoms with Crippen molar-refractivity contribution in [2.75, 3.05) is 7.11 Å². The maximum atomic E-state index is 12.9. The lowest BCUT2D eigenvalue weighted by Gasteiger charge is -2.23. The van der Waals surface area contributed by atoms with Crippen LogP contribution in [-0.2, 0) is 0 Å². The smallest absolute Gasteiger partial charge is 0.391 e. The Bertz CT molecular complexity index is 498. The van der Waals surface area contributed by atoms with E-state index in [1.54, 1.807) is 0 Å². The first-order chi connectivity index (χ1) is 11.3. The number of carbonyl (C=O) groups is 1. The van der Waals surface area contributed by atoms with Crippen LogP contribution in [0.5, 0.6) is 5.75 Å². The van der Waals surface area contributed by atoms with Gasteiger partial charge in [-0.15, -0.1) is 0 Å². The van der Waals surface area contributed by atoms with Crippen LogP contribution in [0.4, 0.5) is 17.6 Å². The Morgan fingerprint density at radius 3 is 2.04 bits per heavy atom. The minimum Gasteiger partial charge on any atom is -0.497 e. The van der Waals surface area contributed by atoms with E-state index in [0.29, 0.717) is 18.6 Å². The summed E-state index contributed by atoms with van der Waals surface area (Å²) in [5.74, 6) is -2.09. The summed E-state index contributed by atoms with van der Waals surface area (Å²) in [4.78, 5) is 10.6. The van der Waals surface area contributed by atoms with Crippen LogP contribution in [0.15, 0.2) is 18.2 Å². The number of methoxy groups -OCH3 is 1. The zero-order chi connectivity index (χ0) is 18.8. The highest BCUT2D eigenvalue weighted by molar-refractivity contribution is 5.93. The number of carbonyl (C=O) groups excluding carboxylic acids is 1. The quantitative estimate of drug-likeness (QED) is 0.755. The molecule has 0 atom stereocenters. The Hall–Kier alpha value is -1.79. The molecule has 3 nitrogen and oxygen atoms in total. The molecular weight excluding hydrogens is 326 g/mol. The molecule has 24 heavy (non-hydrogen) atoms. The SMILES string of the molecule is CC.COc1ccc(C(N)=O)c(F)c1.FC(F)(F)C1CCCCC1. The fourth-order valence-electron chi connectivity index (χ4n) is 2.25. The van der Waals surface area contributed by atoms with E-state index in [2.05, 4.69) is 0 Å². The van der Waals surface area contributed by atoms with Crippen molar-refractivity contribution < 1.29 is 27.1 Å². The zero-order valence-electron chi connectivity index (χ0n) is 14.3. The highest BCUT2D eigenvalue weighted by atomic mass is 19.4. The fourth-order valence-corrected chi connectivity index (χ4v) is 2.25. The summed E-state index contributed by atoms with van der Waals surface area (Å²) >= 11 is 0. The maximum absolute atomic E-state index is 12.9. The van der Waals surface area contributed by atoms with Gasteiger partial charge in [-0.3, -0.25) is 4.79 Å². The lowest BCUT2D eigenvalue weighted by molar-refractivity contribution is -0.181. The van der Waals surface area contributed by atoms with Crippen molar-refractivity contribution in [3.63, 3.8) is 0 Å². The summed E-state index contributed by atoms with van der Waals surface area (Å²) in [5, 5.41) is 0. The second-order valence-electron chi connectivity index (χ2n) is 5.09. The third kappa shape index (κ3) is 7.66. The monoisotopic (exact) mass is 351 g/mol. The van der Waals surface area contributed by atoms with Gasteiger partial charge in [0.05, 0.1) is 18.6 Å². The van der Waals surface area contributed by atoms with E-state index in [1.807, 2.05) is 13.8 Å². The number of amides is 1. The molecule has 0 aliphatic heterocycles. The van der Waals surface area contributed by atoms with E-state index in [1.165, 1.54) is 19.2 Å². The number of hydrogen-bond donors (Lipinski definition) is 1. The van der Waals surface area contributed by atoms with Crippen LogP contribution in [0.25, 0.3) is 0 Å². The maximum Gasteiger partial charge on any atom is 0.391 e. The van der Waals surface area contributed by atoms with Crippen molar-refractivity contribution in [2.24, 2.45) is 11.7 Å². The van der Waals surface area contributed by atoms with Crippen molar-refractivity contribution in [1.82, 2.24) is 0 Å². The number of rotatable bonds is 2. The molecule has 0 bridgehead atoms. The molecule has 2 N–H and O–H groups in total. The Kier molecular flexibility index (Phi) is 10.1. The second kappa shape index (κ2) is 10.9. The van der Waals surface area contributed by atoms with Crippen LogP contribution in [0.1, 0.15) is 56.3 Å². The van der Waals surface area contributed by atoms with Crippen molar-refractivity contribution in [1.29, 1.82) is 0 Å². The number of benzene rings is 1. The minimum atomic E-state index is -3.93. The molecule has 1 amide bonds. The number of halogens is 4. The van der Waals surface area contributed by atoms with Crippen LogP contribution in [0, 0.1) is 11.7 Å². The van der Waals surface area contributed by atoms with Gasteiger partial charge in [0.15, 0.2) is 0 Å². The lowest BCUT2D eigenvalue weighted by atomic mass is 9.89. The lowest BCUT2D eigenvalue weighted by Crippen LogP contribution is -2.24. The average molecular weight is 351 g/mol. The first-order valence-corrected chi connectivity index (χ1v) is 7.95. The van der Waals surface area contributed by atoms with Gasteiger partial charge < -0.3 is 10.5 Å². The summed E-state index contributed by atoms with van der Waals surface area (Å²) in [6, 6.07) is 3.87. The Labute approximate surface area is 140 Å². The normalized spacial score (nSPS) is 14.6. The summed E-state index contributed by atoms with van der Waals surface area (Å²) in [6.45, 7) is 4.00. The van der Waals surface area contributed by atoms with Gasteiger partial charge in [-0.2, -0.15) is 13.2 Å². The molecule has 2 rings (SSSR count). The molecule has 1 aliphatic rings. The Morgan fingerprint density at radius 2 is 1.71 bits per heavy atom. The van der Waals surface area contributed by atoms with Gasteiger partial charge in [-0.05, 0) is 25.0 Å². The molecule has 1 fully saturated rings. The Balaban J connectivity index is 0.000000405. The number of hydrogen-bond acceptors (Lipinski definition) is 2. The highest BCUT2D eigenvalue weighted by Gasteiger charge is 2.39. The van der Waals surface area contributed by atoms with Gasteiger partial charge in [-0.1, -0.05) is 33.1 Å². The van der Waals surface area contributed by atoms with E-state index in [0.717, 1.165) is 25.3 Å². The summed E-state index contributed by atoms with van der Waals surface area (Å²) < 4.78 is 53.5. The predicted molar refractivity (Wildman–Crippen MR) is 85.4 cm³/mol. The molecule has 1 aliphatic carbocycles. The molecule has 1 aromatic carbocycles. The zero-order valence-corrected chi connectivity index (χ0v) is 14.3. The summed E-state index contributed by atoms with van der Waals surface area (Å²) in [5.41, 5.74) is 4.76. The number of ether oxygens (including phenoxy) is 1. The molecule has 138 valence electrons. The first kappa shape index (κ1) is 22.2. The molecule has 7 heteroatoms. The molecule has 1 saturated carbocycles. The number of primary amides is 1. The van der Waals surface area contributed by atoms with Gasteiger partial charge in [0.1, 0.15) is 11.6 Å². The van der Waals surface area contributed by atoms with Gasteiger partial charge in [0, 0.05) is 6.07 Å². The molecule has 0 saturated heterocycles. The molecule has 0 spiro atoms. The largest absolute Gasteiger partial charge is 0.497 e. The van der Waals surface area contributed by atoms with Crippen molar-refractivity contribution >= 4 is 5.91 Å². The average Bonchev–Trinajstić information content (AvgIpc) is 2.57. The topological polar surface area (TPSA) is 52.3 Å². The van der Waals surface area contributed by atoms with Gasteiger partial charge >= 0.3 is 6.18 Å². The van der Waals surface area contributed by atoms with E-state index in [4.69, 9.17) is 10.5 Å². The van der Waals surface area contributed by atoms with Gasteiger partial charge in [0.2, 0.25) is 0 Å².